The summed E-state index contributed by atoms with van der Waals surface area (Å²) in [5, 5.41) is 8.18. The third-order valence-electron chi connectivity index (χ3n) is 3.52. The van der Waals surface area contributed by atoms with Crippen LogP contribution in [0.2, 0.25) is 0 Å². The molecule has 1 aromatic carbocycles. The van der Waals surface area contributed by atoms with Crippen molar-refractivity contribution in [1.82, 2.24) is 5.32 Å². The summed E-state index contributed by atoms with van der Waals surface area (Å²) in [6.07, 6.45) is 2.31. The monoisotopic (exact) mass is 286 g/mol. The number of benzene rings is 1. The van der Waals surface area contributed by atoms with Crippen LogP contribution in [0.1, 0.15) is 30.7 Å². The number of hydrogen-bond donors (Lipinski definition) is 2. The van der Waals surface area contributed by atoms with Gasteiger partial charge in [0.25, 0.3) is 0 Å². The van der Waals surface area contributed by atoms with E-state index in [1.165, 1.54) is 6.07 Å². The molecule has 0 radical (unpaired) electrons. The fourth-order valence-corrected chi connectivity index (χ4v) is 2.97. The van der Waals surface area contributed by atoms with Crippen molar-refractivity contribution in [1.29, 1.82) is 0 Å². The number of nitrogens with one attached hydrogen (secondary N) is 1. The summed E-state index contributed by atoms with van der Waals surface area (Å²) in [6.45, 7) is 0.630. The van der Waals surface area contributed by atoms with Gasteiger partial charge < -0.3 is 5.32 Å². The van der Waals surface area contributed by atoms with E-state index in [0.29, 0.717) is 19.0 Å². The molecule has 2 rings (SSSR count). The Balaban J connectivity index is 1.68. The standard InChI is InChI=1S/C13H19FN2O2S/c14-13-5-2-1-4-12(13)10-8-11(9-10)16-6-3-7-19(15,17)18/h1-2,4-5,10-11,16H,3,6-9H2,(H2,15,17,18). The summed E-state index contributed by atoms with van der Waals surface area (Å²) >= 11 is 0. The lowest BCUT2D eigenvalue weighted by Gasteiger charge is -2.36. The molecule has 0 saturated heterocycles. The van der Waals surface area contributed by atoms with E-state index < -0.39 is 10.0 Å². The average Bonchev–Trinajstić information content (AvgIpc) is 2.27. The van der Waals surface area contributed by atoms with Crippen LogP contribution in [0, 0.1) is 5.82 Å². The van der Waals surface area contributed by atoms with Gasteiger partial charge in [0, 0.05) is 6.04 Å². The molecule has 19 heavy (non-hydrogen) atoms. The highest BCUT2D eigenvalue weighted by Crippen LogP contribution is 2.37. The number of halogens is 1. The Bertz CT molecular complexity index is 527. The zero-order valence-electron chi connectivity index (χ0n) is 10.7. The van der Waals surface area contributed by atoms with Crippen molar-refractivity contribution in [2.24, 2.45) is 5.14 Å². The number of primary sulfonamides is 1. The molecule has 1 fully saturated rings. The zero-order valence-corrected chi connectivity index (χ0v) is 11.5. The van der Waals surface area contributed by atoms with Crippen LogP contribution in [0.3, 0.4) is 0 Å². The molecule has 0 aromatic heterocycles. The van der Waals surface area contributed by atoms with E-state index in [1.54, 1.807) is 6.07 Å². The Morgan fingerprint density at radius 2 is 2.00 bits per heavy atom. The van der Waals surface area contributed by atoms with Crippen molar-refractivity contribution in [3.63, 3.8) is 0 Å². The summed E-state index contributed by atoms with van der Waals surface area (Å²) in [5.74, 6) is 0.140. The first-order valence-electron chi connectivity index (χ1n) is 6.44. The summed E-state index contributed by atoms with van der Waals surface area (Å²) in [7, 11) is -3.36. The zero-order chi connectivity index (χ0) is 13.9. The predicted octanol–water partition coefficient (Wildman–Crippen LogP) is 1.34. The van der Waals surface area contributed by atoms with Gasteiger partial charge in [-0.15, -0.1) is 0 Å². The third-order valence-corrected chi connectivity index (χ3v) is 4.38. The Labute approximate surface area is 113 Å². The third kappa shape index (κ3) is 4.26. The molecular weight excluding hydrogens is 267 g/mol. The van der Waals surface area contributed by atoms with E-state index >= 15 is 0 Å². The highest BCUT2D eigenvalue weighted by molar-refractivity contribution is 7.89. The minimum atomic E-state index is -3.36. The van der Waals surface area contributed by atoms with Crippen molar-refractivity contribution in [2.45, 2.75) is 31.2 Å². The van der Waals surface area contributed by atoms with E-state index in [9.17, 15) is 12.8 Å². The van der Waals surface area contributed by atoms with Crippen LogP contribution in [-0.4, -0.2) is 26.8 Å². The van der Waals surface area contributed by atoms with Gasteiger partial charge in [-0.2, -0.15) is 0 Å². The van der Waals surface area contributed by atoms with Gasteiger partial charge in [-0.3, -0.25) is 0 Å². The molecule has 0 amide bonds. The lowest BCUT2D eigenvalue weighted by molar-refractivity contribution is 0.286. The highest BCUT2D eigenvalue weighted by Gasteiger charge is 2.31. The van der Waals surface area contributed by atoms with Crippen LogP contribution in [0.25, 0.3) is 0 Å². The van der Waals surface area contributed by atoms with Crippen molar-refractivity contribution < 1.29 is 12.8 Å². The maximum atomic E-state index is 13.5. The van der Waals surface area contributed by atoms with Gasteiger partial charge in [-0.05, 0) is 43.4 Å². The van der Waals surface area contributed by atoms with Gasteiger partial charge in [0.1, 0.15) is 5.82 Å². The fraction of sp³-hybridized carbons (Fsp3) is 0.538. The van der Waals surface area contributed by atoms with Gasteiger partial charge in [-0.1, -0.05) is 18.2 Å². The molecule has 1 aliphatic rings. The molecule has 0 heterocycles. The molecule has 0 aliphatic heterocycles. The number of hydrogen-bond acceptors (Lipinski definition) is 3. The highest BCUT2D eigenvalue weighted by atomic mass is 32.2. The van der Waals surface area contributed by atoms with Crippen LogP contribution >= 0.6 is 0 Å². The van der Waals surface area contributed by atoms with Crippen LogP contribution in [0.15, 0.2) is 24.3 Å². The van der Waals surface area contributed by atoms with Gasteiger partial charge in [-0.25, -0.2) is 17.9 Å². The maximum Gasteiger partial charge on any atom is 0.209 e. The molecular formula is C13H19FN2O2S. The minimum absolute atomic E-state index is 0.00343. The van der Waals surface area contributed by atoms with Gasteiger partial charge in [0.15, 0.2) is 0 Å². The predicted molar refractivity (Wildman–Crippen MR) is 72.8 cm³/mol. The molecule has 1 saturated carbocycles. The molecule has 0 bridgehead atoms. The molecule has 0 spiro atoms. The van der Waals surface area contributed by atoms with E-state index in [0.717, 1.165) is 18.4 Å². The van der Waals surface area contributed by atoms with Crippen molar-refractivity contribution >= 4 is 10.0 Å². The summed E-state index contributed by atoms with van der Waals surface area (Å²) < 4.78 is 35.0. The van der Waals surface area contributed by atoms with Gasteiger partial charge in [0.2, 0.25) is 10.0 Å². The number of rotatable bonds is 6. The Kier molecular flexibility index (Phi) is 4.54. The summed E-state index contributed by atoms with van der Waals surface area (Å²) in [5.41, 5.74) is 0.782. The second-order valence-electron chi connectivity index (χ2n) is 5.06. The summed E-state index contributed by atoms with van der Waals surface area (Å²) in [6, 6.07) is 7.22. The van der Waals surface area contributed by atoms with Crippen molar-refractivity contribution in [2.75, 3.05) is 12.3 Å². The minimum Gasteiger partial charge on any atom is -0.314 e. The van der Waals surface area contributed by atoms with Gasteiger partial charge in [0.05, 0.1) is 5.75 Å². The van der Waals surface area contributed by atoms with E-state index in [4.69, 9.17) is 5.14 Å². The second-order valence-corrected chi connectivity index (χ2v) is 6.80. The van der Waals surface area contributed by atoms with Gasteiger partial charge >= 0.3 is 0 Å². The number of sulfonamides is 1. The first-order valence-corrected chi connectivity index (χ1v) is 8.15. The van der Waals surface area contributed by atoms with Crippen molar-refractivity contribution in [3.05, 3.63) is 35.6 Å². The SMILES string of the molecule is NS(=O)(=O)CCCNC1CC(c2ccccc2F)C1. The lowest BCUT2D eigenvalue weighted by atomic mass is 9.75. The fourth-order valence-electron chi connectivity index (χ4n) is 2.42. The van der Waals surface area contributed by atoms with Crippen molar-refractivity contribution in [3.8, 4) is 0 Å². The molecule has 0 atom stereocenters. The Morgan fingerprint density at radius 1 is 1.32 bits per heavy atom. The lowest BCUT2D eigenvalue weighted by Crippen LogP contribution is -2.41. The maximum absolute atomic E-state index is 13.5. The molecule has 3 N–H and O–H groups in total. The first kappa shape index (κ1) is 14.4. The molecule has 1 aromatic rings. The Hall–Kier alpha value is -0.980. The Morgan fingerprint density at radius 3 is 2.63 bits per heavy atom. The number of nitrogens with two attached hydrogens (primary N) is 1. The quantitative estimate of drug-likeness (QED) is 0.775. The molecule has 0 unspecified atom stereocenters. The van der Waals surface area contributed by atoms with E-state index in [-0.39, 0.29) is 17.5 Å². The first-order chi connectivity index (χ1) is 8.96. The molecule has 6 heteroatoms. The van der Waals surface area contributed by atoms with E-state index in [1.807, 2.05) is 12.1 Å². The molecule has 1 aliphatic carbocycles. The topological polar surface area (TPSA) is 72.2 Å². The molecule has 4 nitrogen and oxygen atoms in total. The average molecular weight is 286 g/mol. The normalized spacial score (nSPS) is 23.1. The second kappa shape index (κ2) is 5.98. The van der Waals surface area contributed by atoms with E-state index in [2.05, 4.69) is 5.32 Å². The largest absolute Gasteiger partial charge is 0.314 e. The van der Waals surface area contributed by atoms with Crippen LogP contribution in [0.5, 0.6) is 0 Å². The molecule has 106 valence electrons. The van der Waals surface area contributed by atoms with Crippen LogP contribution in [-0.2, 0) is 10.0 Å². The summed E-state index contributed by atoms with van der Waals surface area (Å²) in [4.78, 5) is 0. The van der Waals surface area contributed by atoms with Crippen LogP contribution in [0.4, 0.5) is 4.39 Å². The van der Waals surface area contributed by atoms with Crippen LogP contribution < -0.4 is 10.5 Å². The smallest absolute Gasteiger partial charge is 0.209 e.